The minimum atomic E-state index is 0.621. The zero-order valence-electron chi connectivity index (χ0n) is 29.5. The fraction of sp³-hybridized carbons (Fsp3) is 0. The lowest BCUT2D eigenvalue weighted by molar-refractivity contribution is 1.07. The molecule has 0 fully saturated rings. The maximum Gasteiger partial charge on any atom is 0.164 e. The Morgan fingerprint density at radius 3 is 1.07 bits per heavy atom. The highest BCUT2D eigenvalue weighted by Crippen LogP contribution is 2.38. The van der Waals surface area contributed by atoms with E-state index in [9.17, 15) is 0 Å². The predicted molar refractivity (Wildman–Crippen MR) is 223 cm³/mol. The van der Waals surface area contributed by atoms with Crippen LogP contribution >= 0.6 is 0 Å². The molecular weight excluding hydrogens is 655 g/mol. The van der Waals surface area contributed by atoms with Crippen LogP contribution in [0.4, 0.5) is 0 Å². The summed E-state index contributed by atoms with van der Waals surface area (Å²) in [5.74, 6) is 1.87. The summed E-state index contributed by atoms with van der Waals surface area (Å²) in [5, 5.41) is 0. The second-order valence-electron chi connectivity index (χ2n) is 13.2. The summed E-state index contributed by atoms with van der Waals surface area (Å²) in [6, 6.07) is 74.0. The molecule has 0 saturated carbocycles. The second kappa shape index (κ2) is 14.8. The summed E-state index contributed by atoms with van der Waals surface area (Å²) in [6.07, 6.45) is 0. The van der Waals surface area contributed by atoms with Crippen LogP contribution in [0.1, 0.15) is 0 Å². The highest BCUT2D eigenvalue weighted by molar-refractivity contribution is 5.90. The van der Waals surface area contributed by atoms with Crippen molar-refractivity contribution in [3.8, 4) is 89.8 Å². The van der Waals surface area contributed by atoms with Gasteiger partial charge in [-0.15, -0.1) is 0 Å². The Hall–Kier alpha value is -7.23. The van der Waals surface area contributed by atoms with Gasteiger partial charge in [0, 0.05) is 16.7 Å². The number of hydrogen-bond acceptors (Lipinski definition) is 3. The lowest BCUT2D eigenvalue weighted by Gasteiger charge is -2.15. The van der Waals surface area contributed by atoms with Crippen molar-refractivity contribution in [2.75, 3.05) is 0 Å². The Morgan fingerprint density at radius 2 is 0.519 bits per heavy atom. The van der Waals surface area contributed by atoms with E-state index in [2.05, 4.69) is 200 Å². The van der Waals surface area contributed by atoms with Gasteiger partial charge < -0.3 is 0 Å². The SMILES string of the molecule is c1ccc(-c2ccc(-c3cccc(-c4nc(-c5ccc(-c6ccccc6)cc5)nc(-c5ccccc5-c5ccccc5-c5ccccc5)n4)c3)cc2)cc1. The van der Waals surface area contributed by atoms with E-state index in [4.69, 9.17) is 15.0 Å². The third-order valence-electron chi connectivity index (χ3n) is 9.80. The van der Waals surface area contributed by atoms with Crippen molar-refractivity contribution in [2.45, 2.75) is 0 Å². The maximum absolute atomic E-state index is 5.22. The number of nitrogens with zero attached hydrogens (tertiary/aromatic N) is 3. The molecule has 9 rings (SSSR count). The summed E-state index contributed by atoms with van der Waals surface area (Å²) in [5.41, 5.74) is 14.2. The lowest BCUT2D eigenvalue weighted by Crippen LogP contribution is -2.01. The fourth-order valence-electron chi connectivity index (χ4n) is 7.02. The van der Waals surface area contributed by atoms with Gasteiger partial charge in [0.05, 0.1) is 0 Å². The van der Waals surface area contributed by atoms with Crippen LogP contribution in [-0.4, -0.2) is 15.0 Å². The Kier molecular flexibility index (Phi) is 8.94. The Morgan fingerprint density at radius 1 is 0.185 bits per heavy atom. The molecule has 1 aromatic heterocycles. The van der Waals surface area contributed by atoms with Gasteiger partial charge >= 0.3 is 0 Å². The van der Waals surface area contributed by atoms with Crippen molar-refractivity contribution in [3.63, 3.8) is 0 Å². The van der Waals surface area contributed by atoms with Gasteiger partial charge in [-0.1, -0.05) is 206 Å². The monoisotopic (exact) mass is 689 g/mol. The summed E-state index contributed by atoms with van der Waals surface area (Å²) in [6.45, 7) is 0. The van der Waals surface area contributed by atoms with Crippen molar-refractivity contribution in [1.29, 1.82) is 0 Å². The zero-order valence-corrected chi connectivity index (χ0v) is 29.5. The van der Waals surface area contributed by atoms with Crippen LogP contribution in [0.15, 0.2) is 212 Å². The van der Waals surface area contributed by atoms with Crippen molar-refractivity contribution in [3.05, 3.63) is 212 Å². The van der Waals surface area contributed by atoms with Crippen LogP contribution in [-0.2, 0) is 0 Å². The molecular formula is C51H35N3. The van der Waals surface area contributed by atoms with Gasteiger partial charge in [-0.2, -0.15) is 0 Å². The Bertz CT molecular complexity index is 2670. The first-order valence-corrected chi connectivity index (χ1v) is 18.2. The van der Waals surface area contributed by atoms with Crippen LogP contribution in [0, 0.1) is 0 Å². The minimum Gasteiger partial charge on any atom is -0.208 e. The molecule has 3 nitrogen and oxygen atoms in total. The standard InChI is InChI=1S/C51H35N3/c1-4-15-36(16-5-1)38-27-29-40(30-28-38)43-21-14-22-44(35-43)50-52-49(42-33-31-39(32-34-42)37-17-6-2-7-18-37)53-51(54-50)48-26-13-12-25-47(48)46-24-11-10-23-45(46)41-19-8-3-9-20-41/h1-35H. The maximum atomic E-state index is 5.22. The third kappa shape index (κ3) is 6.74. The van der Waals surface area contributed by atoms with Crippen molar-refractivity contribution >= 4 is 0 Å². The van der Waals surface area contributed by atoms with E-state index in [0.717, 1.165) is 55.6 Å². The minimum absolute atomic E-state index is 0.621. The van der Waals surface area contributed by atoms with E-state index in [1.807, 2.05) is 12.1 Å². The van der Waals surface area contributed by atoms with Crippen molar-refractivity contribution in [2.24, 2.45) is 0 Å². The number of aromatic nitrogens is 3. The molecule has 1 heterocycles. The predicted octanol–water partition coefficient (Wildman–Crippen LogP) is 13.2. The average Bonchev–Trinajstić information content (AvgIpc) is 3.27. The van der Waals surface area contributed by atoms with Crippen LogP contribution in [0.2, 0.25) is 0 Å². The molecule has 3 heteroatoms. The molecule has 8 aromatic carbocycles. The molecule has 0 unspecified atom stereocenters. The van der Waals surface area contributed by atoms with E-state index >= 15 is 0 Å². The van der Waals surface area contributed by atoms with Crippen molar-refractivity contribution < 1.29 is 0 Å². The van der Waals surface area contributed by atoms with Gasteiger partial charge in [0.25, 0.3) is 0 Å². The fourth-order valence-corrected chi connectivity index (χ4v) is 7.02. The molecule has 0 saturated heterocycles. The molecule has 9 aromatic rings. The van der Waals surface area contributed by atoms with Gasteiger partial charge in [0.15, 0.2) is 17.5 Å². The molecule has 0 N–H and O–H groups in total. The van der Waals surface area contributed by atoms with E-state index in [1.165, 1.54) is 16.7 Å². The Balaban J connectivity index is 1.17. The molecule has 54 heavy (non-hydrogen) atoms. The van der Waals surface area contributed by atoms with Crippen molar-refractivity contribution in [1.82, 2.24) is 15.0 Å². The van der Waals surface area contributed by atoms with Crippen LogP contribution < -0.4 is 0 Å². The highest BCUT2D eigenvalue weighted by Gasteiger charge is 2.18. The van der Waals surface area contributed by atoms with Gasteiger partial charge in [0.1, 0.15) is 0 Å². The number of rotatable bonds is 8. The quantitative estimate of drug-likeness (QED) is 0.159. The van der Waals surface area contributed by atoms with Gasteiger partial charge in [-0.05, 0) is 61.7 Å². The molecule has 0 spiro atoms. The average molecular weight is 690 g/mol. The summed E-state index contributed by atoms with van der Waals surface area (Å²) in [7, 11) is 0. The zero-order chi connectivity index (χ0) is 36.1. The Labute approximate surface area is 316 Å². The normalized spacial score (nSPS) is 11.0. The molecule has 0 aliphatic heterocycles. The highest BCUT2D eigenvalue weighted by atomic mass is 15.0. The van der Waals surface area contributed by atoms with Gasteiger partial charge in [-0.3, -0.25) is 0 Å². The van der Waals surface area contributed by atoms with Crippen LogP contribution in [0.25, 0.3) is 89.8 Å². The van der Waals surface area contributed by atoms with E-state index in [0.29, 0.717) is 17.5 Å². The molecule has 0 amide bonds. The number of benzene rings is 8. The van der Waals surface area contributed by atoms with Gasteiger partial charge in [-0.25, -0.2) is 15.0 Å². The van der Waals surface area contributed by atoms with E-state index < -0.39 is 0 Å². The topological polar surface area (TPSA) is 38.7 Å². The van der Waals surface area contributed by atoms with Crippen LogP contribution in [0.5, 0.6) is 0 Å². The molecule has 0 aliphatic rings. The third-order valence-corrected chi connectivity index (χ3v) is 9.80. The van der Waals surface area contributed by atoms with Gasteiger partial charge in [0.2, 0.25) is 0 Å². The first-order chi connectivity index (χ1) is 26.8. The van der Waals surface area contributed by atoms with Crippen LogP contribution in [0.3, 0.4) is 0 Å². The molecule has 0 bridgehead atoms. The summed E-state index contributed by atoms with van der Waals surface area (Å²) >= 11 is 0. The largest absolute Gasteiger partial charge is 0.208 e. The smallest absolute Gasteiger partial charge is 0.164 e. The first kappa shape index (κ1) is 32.7. The molecule has 0 aliphatic carbocycles. The molecule has 254 valence electrons. The lowest BCUT2D eigenvalue weighted by atomic mass is 9.91. The second-order valence-corrected chi connectivity index (χ2v) is 13.2. The number of hydrogen-bond donors (Lipinski definition) is 0. The first-order valence-electron chi connectivity index (χ1n) is 18.2. The summed E-state index contributed by atoms with van der Waals surface area (Å²) < 4.78 is 0. The summed E-state index contributed by atoms with van der Waals surface area (Å²) in [4.78, 5) is 15.5. The van der Waals surface area contributed by atoms with E-state index in [1.54, 1.807) is 0 Å². The molecule has 0 radical (unpaired) electrons. The van der Waals surface area contributed by atoms with E-state index in [-0.39, 0.29) is 0 Å². The molecule has 0 atom stereocenters.